The summed E-state index contributed by atoms with van der Waals surface area (Å²) in [6.07, 6.45) is 3.59. The van der Waals surface area contributed by atoms with Crippen molar-refractivity contribution in [3.05, 3.63) is 36.0 Å². The van der Waals surface area contributed by atoms with Crippen LogP contribution in [0.5, 0.6) is 0 Å². The average Bonchev–Trinajstić information content (AvgIpc) is 2.54. The molecule has 0 unspecified atom stereocenters. The Morgan fingerprint density at radius 2 is 2.12 bits per heavy atom. The van der Waals surface area contributed by atoms with E-state index in [1.807, 2.05) is 13.0 Å². The minimum atomic E-state index is -3.72. The number of nitrogens with two attached hydrogens (primary N) is 1. The number of hydrogen-bond acceptors (Lipinski definition) is 6. The molecule has 0 saturated carbocycles. The van der Waals surface area contributed by atoms with Gasteiger partial charge < -0.3 is 10.6 Å². The summed E-state index contributed by atoms with van der Waals surface area (Å²) in [6.45, 7) is 5.77. The van der Waals surface area contributed by atoms with Crippen LogP contribution in [-0.2, 0) is 9.84 Å². The van der Waals surface area contributed by atoms with Crippen molar-refractivity contribution in [3.8, 4) is 0 Å². The van der Waals surface area contributed by atoms with Crippen LogP contribution in [0, 0.1) is 12.8 Å². The van der Waals surface area contributed by atoms with Crippen molar-refractivity contribution in [1.29, 1.82) is 0 Å². The molecule has 1 atom stereocenters. The predicted octanol–water partition coefficient (Wildman–Crippen LogP) is 2.44. The number of aryl methyl sites for hydroxylation is 1. The van der Waals surface area contributed by atoms with Crippen LogP contribution in [0.25, 0.3) is 0 Å². The summed E-state index contributed by atoms with van der Waals surface area (Å²) in [5.74, 6) is 1.07. The number of sulfone groups is 1. The van der Waals surface area contributed by atoms with Gasteiger partial charge in [0.25, 0.3) is 0 Å². The lowest BCUT2D eigenvalue weighted by Crippen LogP contribution is -2.35. The van der Waals surface area contributed by atoms with Gasteiger partial charge in [0.15, 0.2) is 0 Å². The fourth-order valence-corrected chi connectivity index (χ4v) is 4.38. The highest BCUT2D eigenvalue weighted by Crippen LogP contribution is 2.27. The highest BCUT2D eigenvalue weighted by molar-refractivity contribution is 7.91. The Labute approximate surface area is 142 Å². The molecular formula is C17H22N4O2S. The number of rotatable bonds is 3. The van der Waals surface area contributed by atoms with Gasteiger partial charge in [0.05, 0.1) is 11.1 Å². The highest BCUT2D eigenvalue weighted by Gasteiger charge is 2.25. The summed E-state index contributed by atoms with van der Waals surface area (Å²) in [7, 11) is -3.72. The molecule has 7 heteroatoms. The van der Waals surface area contributed by atoms with Crippen molar-refractivity contribution < 1.29 is 8.42 Å². The van der Waals surface area contributed by atoms with Gasteiger partial charge in [0.1, 0.15) is 10.7 Å². The third kappa shape index (κ3) is 3.21. The molecule has 0 bridgehead atoms. The van der Waals surface area contributed by atoms with E-state index in [2.05, 4.69) is 21.8 Å². The maximum Gasteiger partial charge on any atom is 0.227 e. The van der Waals surface area contributed by atoms with Crippen LogP contribution in [0.3, 0.4) is 0 Å². The normalized spacial score (nSPS) is 18.6. The van der Waals surface area contributed by atoms with Gasteiger partial charge in [0.2, 0.25) is 15.8 Å². The van der Waals surface area contributed by atoms with Crippen LogP contribution >= 0.6 is 0 Å². The summed E-state index contributed by atoms with van der Waals surface area (Å²) >= 11 is 0. The third-order valence-corrected chi connectivity index (χ3v) is 6.07. The summed E-state index contributed by atoms with van der Waals surface area (Å²) < 4.78 is 25.5. The van der Waals surface area contributed by atoms with Crippen LogP contribution in [0.15, 0.2) is 40.3 Å². The smallest absolute Gasteiger partial charge is 0.227 e. The number of nitrogen functional groups attached to an aromatic ring is 1. The molecule has 1 aromatic carbocycles. The van der Waals surface area contributed by atoms with Crippen molar-refractivity contribution in [3.63, 3.8) is 0 Å². The van der Waals surface area contributed by atoms with E-state index in [0.717, 1.165) is 25.1 Å². The Bertz CT molecular complexity index is 851. The highest BCUT2D eigenvalue weighted by atomic mass is 32.2. The zero-order valence-corrected chi connectivity index (χ0v) is 14.8. The predicted molar refractivity (Wildman–Crippen MR) is 93.7 cm³/mol. The van der Waals surface area contributed by atoms with Gasteiger partial charge in [-0.3, -0.25) is 0 Å². The SMILES string of the molecule is Cc1cccc(S(=O)(=O)c2cnc(N3CCC[C@H](C)C3)nc2N)c1. The second kappa shape index (κ2) is 6.39. The van der Waals surface area contributed by atoms with E-state index in [9.17, 15) is 8.42 Å². The van der Waals surface area contributed by atoms with Crippen LogP contribution < -0.4 is 10.6 Å². The van der Waals surface area contributed by atoms with Gasteiger partial charge in [0, 0.05) is 13.1 Å². The van der Waals surface area contributed by atoms with Crippen LogP contribution in [0.2, 0.25) is 0 Å². The van der Waals surface area contributed by atoms with E-state index in [4.69, 9.17) is 5.73 Å². The van der Waals surface area contributed by atoms with E-state index < -0.39 is 9.84 Å². The van der Waals surface area contributed by atoms with Crippen molar-refractivity contribution in [1.82, 2.24) is 9.97 Å². The van der Waals surface area contributed by atoms with E-state index >= 15 is 0 Å². The Kier molecular flexibility index (Phi) is 4.45. The summed E-state index contributed by atoms with van der Waals surface area (Å²) in [6, 6.07) is 6.74. The molecule has 2 N–H and O–H groups in total. The molecule has 1 aromatic heterocycles. The van der Waals surface area contributed by atoms with Gasteiger partial charge in [-0.25, -0.2) is 13.4 Å². The van der Waals surface area contributed by atoms with Gasteiger partial charge >= 0.3 is 0 Å². The van der Waals surface area contributed by atoms with Crippen molar-refractivity contribution in [2.75, 3.05) is 23.7 Å². The van der Waals surface area contributed by atoms with Crippen LogP contribution in [0.1, 0.15) is 25.3 Å². The average molecular weight is 346 g/mol. The molecule has 128 valence electrons. The summed E-state index contributed by atoms with van der Waals surface area (Å²) in [4.78, 5) is 10.8. The maximum atomic E-state index is 12.8. The summed E-state index contributed by atoms with van der Waals surface area (Å²) in [5.41, 5.74) is 6.84. The first-order valence-corrected chi connectivity index (χ1v) is 9.55. The fourth-order valence-electron chi connectivity index (χ4n) is 3.01. The second-order valence-corrected chi connectivity index (χ2v) is 8.35. The lowest BCUT2D eigenvalue weighted by atomic mass is 10.0. The zero-order chi connectivity index (χ0) is 17.3. The molecule has 0 radical (unpaired) electrons. The topological polar surface area (TPSA) is 89.2 Å². The van der Waals surface area contributed by atoms with Gasteiger partial charge in [-0.05, 0) is 43.4 Å². The second-order valence-electron chi connectivity index (χ2n) is 6.43. The number of nitrogens with zero attached hydrogens (tertiary/aromatic N) is 3. The molecule has 2 aromatic rings. The third-order valence-electron chi connectivity index (χ3n) is 4.30. The van der Waals surface area contributed by atoms with Crippen LogP contribution in [0.4, 0.5) is 11.8 Å². The molecule has 24 heavy (non-hydrogen) atoms. The maximum absolute atomic E-state index is 12.8. The minimum Gasteiger partial charge on any atom is -0.382 e. The van der Waals surface area contributed by atoms with Gasteiger partial charge in [-0.15, -0.1) is 0 Å². The Morgan fingerprint density at radius 1 is 1.33 bits per heavy atom. The molecule has 2 heterocycles. The Hall–Kier alpha value is -2.15. The first-order valence-electron chi connectivity index (χ1n) is 8.07. The lowest BCUT2D eigenvalue weighted by molar-refractivity contribution is 0.442. The fraction of sp³-hybridized carbons (Fsp3) is 0.412. The van der Waals surface area contributed by atoms with Crippen molar-refractivity contribution in [2.24, 2.45) is 5.92 Å². The van der Waals surface area contributed by atoms with Gasteiger partial charge in [-0.2, -0.15) is 4.98 Å². The van der Waals surface area contributed by atoms with Gasteiger partial charge in [-0.1, -0.05) is 19.1 Å². The number of aromatic nitrogens is 2. The van der Waals surface area contributed by atoms with Crippen molar-refractivity contribution in [2.45, 2.75) is 36.5 Å². The quantitative estimate of drug-likeness (QED) is 0.918. The van der Waals surface area contributed by atoms with E-state index in [-0.39, 0.29) is 15.6 Å². The Morgan fingerprint density at radius 3 is 2.79 bits per heavy atom. The van der Waals surface area contributed by atoms with E-state index in [1.54, 1.807) is 18.2 Å². The molecule has 0 aliphatic carbocycles. The number of benzene rings is 1. The minimum absolute atomic E-state index is 0.000248. The summed E-state index contributed by atoms with van der Waals surface area (Å²) in [5, 5.41) is 0. The number of anilines is 2. The molecule has 0 amide bonds. The first-order chi connectivity index (χ1) is 11.4. The largest absolute Gasteiger partial charge is 0.382 e. The van der Waals surface area contributed by atoms with Crippen LogP contribution in [-0.4, -0.2) is 31.5 Å². The van der Waals surface area contributed by atoms with E-state index in [1.165, 1.54) is 12.6 Å². The molecular weight excluding hydrogens is 324 g/mol. The Balaban J connectivity index is 1.95. The first kappa shape index (κ1) is 16.7. The molecule has 3 rings (SSSR count). The molecule has 6 nitrogen and oxygen atoms in total. The van der Waals surface area contributed by atoms with Crippen molar-refractivity contribution >= 4 is 21.6 Å². The van der Waals surface area contributed by atoms with E-state index in [0.29, 0.717) is 11.9 Å². The molecule has 0 spiro atoms. The molecule has 1 saturated heterocycles. The monoisotopic (exact) mass is 346 g/mol. The zero-order valence-electron chi connectivity index (χ0n) is 13.9. The number of hydrogen-bond donors (Lipinski definition) is 1. The standard InChI is InChI=1S/C17H22N4O2S/c1-12-5-3-7-14(9-12)24(22,23)15-10-19-17(20-16(15)18)21-8-4-6-13(2)11-21/h3,5,7,9-10,13H,4,6,8,11H2,1-2H3,(H2,18,19,20)/t13-/m0/s1. The molecule has 1 aliphatic heterocycles. The number of piperidine rings is 1. The molecule has 1 aliphatic rings. The molecule has 1 fully saturated rings. The lowest BCUT2D eigenvalue weighted by Gasteiger charge is -2.31.